The van der Waals surface area contributed by atoms with Crippen molar-refractivity contribution in [3.05, 3.63) is 77.0 Å². The third kappa shape index (κ3) is 3.68. The van der Waals surface area contributed by atoms with Crippen molar-refractivity contribution in [3.63, 3.8) is 0 Å². The molecule has 2 aromatic carbocycles. The lowest BCUT2D eigenvalue weighted by Gasteiger charge is -2.19. The molecule has 0 radical (unpaired) electrons. The summed E-state index contributed by atoms with van der Waals surface area (Å²) in [5.41, 5.74) is 3.00. The zero-order valence-corrected chi connectivity index (χ0v) is 17.3. The molecule has 0 aliphatic heterocycles. The number of aromatic amines is 2. The molecule has 0 saturated carbocycles. The topological polar surface area (TPSA) is 104 Å². The maximum absolute atomic E-state index is 12.7. The minimum atomic E-state index is -0.234. The molecule has 0 fully saturated rings. The Morgan fingerprint density at radius 1 is 1.00 bits per heavy atom. The third-order valence-corrected chi connectivity index (χ3v) is 5.19. The Hall–Kier alpha value is -3.94. The second-order valence-corrected chi connectivity index (χ2v) is 8.01. The molecule has 31 heavy (non-hydrogen) atoms. The number of fused-ring (bicyclic) bond motifs is 2. The number of rotatable bonds is 6. The van der Waals surface area contributed by atoms with E-state index in [1.165, 1.54) is 0 Å². The van der Waals surface area contributed by atoms with Crippen LogP contribution in [0, 0.1) is 5.92 Å². The minimum absolute atomic E-state index is 0.138. The molecular formula is C23H23N7O. The molecule has 0 saturated heterocycles. The fourth-order valence-corrected chi connectivity index (χ4v) is 3.76. The van der Waals surface area contributed by atoms with E-state index in [1.54, 1.807) is 10.9 Å². The molecule has 5 aromatic rings. The molecule has 8 nitrogen and oxygen atoms in total. The Bertz CT molecular complexity index is 1370. The summed E-state index contributed by atoms with van der Waals surface area (Å²) in [6, 6.07) is 17.4. The van der Waals surface area contributed by atoms with Crippen molar-refractivity contribution in [2.45, 2.75) is 26.3 Å². The van der Waals surface area contributed by atoms with Gasteiger partial charge in [-0.15, -0.1) is 0 Å². The van der Waals surface area contributed by atoms with E-state index in [4.69, 9.17) is 9.97 Å². The van der Waals surface area contributed by atoms with E-state index in [0.717, 1.165) is 29.0 Å². The van der Waals surface area contributed by atoms with Crippen molar-refractivity contribution in [2.75, 3.05) is 5.32 Å². The summed E-state index contributed by atoms with van der Waals surface area (Å²) in [7, 11) is 0. The third-order valence-electron chi connectivity index (χ3n) is 5.19. The predicted molar refractivity (Wildman–Crippen MR) is 121 cm³/mol. The van der Waals surface area contributed by atoms with Gasteiger partial charge in [-0.05, 0) is 36.6 Å². The molecule has 3 aromatic heterocycles. The van der Waals surface area contributed by atoms with Crippen molar-refractivity contribution in [3.8, 4) is 5.69 Å². The zero-order valence-electron chi connectivity index (χ0n) is 17.3. The van der Waals surface area contributed by atoms with Crippen LogP contribution in [0.25, 0.3) is 27.8 Å². The number of benzene rings is 2. The quantitative estimate of drug-likeness (QED) is 0.387. The number of hydrogen-bond donors (Lipinski definition) is 3. The smallest absolute Gasteiger partial charge is 0.263 e. The summed E-state index contributed by atoms with van der Waals surface area (Å²) in [4.78, 5) is 28.4. The number of imidazole rings is 1. The first kappa shape index (κ1) is 19.0. The average Bonchev–Trinajstić information content (AvgIpc) is 3.38. The lowest BCUT2D eigenvalue weighted by atomic mass is 10.0. The van der Waals surface area contributed by atoms with Crippen LogP contribution in [0.1, 0.15) is 32.1 Å². The van der Waals surface area contributed by atoms with Crippen molar-refractivity contribution in [1.29, 1.82) is 0 Å². The van der Waals surface area contributed by atoms with Gasteiger partial charge in [0.05, 0.1) is 29.0 Å². The van der Waals surface area contributed by atoms with Crippen LogP contribution in [-0.4, -0.2) is 29.7 Å². The first-order chi connectivity index (χ1) is 15.1. The molecule has 1 unspecified atom stereocenters. The highest BCUT2D eigenvalue weighted by Crippen LogP contribution is 2.25. The predicted octanol–water partition coefficient (Wildman–Crippen LogP) is 4.18. The van der Waals surface area contributed by atoms with E-state index in [9.17, 15) is 4.79 Å². The first-order valence-corrected chi connectivity index (χ1v) is 10.3. The Kier molecular flexibility index (Phi) is 4.74. The number of H-pyrrole nitrogens is 2. The average molecular weight is 413 g/mol. The van der Waals surface area contributed by atoms with Crippen LogP contribution in [0.3, 0.4) is 0 Å². The van der Waals surface area contributed by atoms with Gasteiger partial charge in [0, 0.05) is 0 Å². The molecule has 0 spiro atoms. The van der Waals surface area contributed by atoms with Crippen LogP contribution in [0.2, 0.25) is 0 Å². The molecule has 156 valence electrons. The van der Waals surface area contributed by atoms with Gasteiger partial charge >= 0.3 is 0 Å². The summed E-state index contributed by atoms with van der Waals surface area (Å²) >= 11 is 0. The highest BCUT2D eigenvalue weighted by Gasteiger charge is 2.20. The molecule has 5 rings (SSSR count). The van der Waals surface area contributed by atoms with Gasteiger partial charge in [-0.1, -0.05) is 44.2 Å². The van der Waals surface area contributed by atoms with E-state index in [1.807, 2.05) is 54.6 Å². The molecule has 0 aliphatic rings. The molecule has 0 aliphatic carbocycles. The van der Waals surface area contributed by atoms with E-state index in [-0.39, 0.29) is 11.6 Å². The Balaban J connectivity index is 1.56. The zero-order chi connectivity index (χ0) is 21.4. The summed E-state index contributed by atoms with van der Waals surface area (Å²) < 4.78 is 1.67. The Labute approximate surface area is 178 Å². The van der Waals surface area contributed by atoms with Gasteiger partial charge in [0.25, 0.3) is 5.56 Å². The van der Waals surface area contributed by atoms with Crippen LogP contribution in [0.5, 0.6) is 0 Å². The molecule has 1 atom stereocenters. The van der Waals surface area contributed by atoms with Crippen LogP contribution in [-0.2, 0) is 0 Å². The van der Waals surface area contributed by atoms with Crippen LogP contribution >= 0.6 is 0 Å². The normalized spacial score (nSPS) is 12.6. The summed E-state index contributed by atoms with van der Waals surface area (Å²) in [5.74, 6) is 1.62. The van der Waals surface area contributed by atoms with Crippen molar-refractivity contribution < 1.29 is 0 Å². The molecular weight excluding hydrogens is 390 g/mol. The molecule has 8 heteroatoms. The van der Waals surface area contributed by atoms with E-state index in [0.29, 0.717) is 22.9 Å². The maximum atomic E-state index is 12.7. The van der Waals surface area contributed by atoms with Gasteiger partial charge in [-0.25, -0.2) is 9.67 Å². The van der Waals surface area contributed by atoms with Gasteiger partial charge in [0.15, 0.2) is 5.65 Å². The number of hydrogen-bond acceptors (Lipinski definition) is 5. The molecule has 3 N–H and O–H groups in total. The van der Waals surface area contributed by atoms with E-state index < -0.39 is 0 Å². The number of para-hydroxylation sites is 3. The summed E-state index contributed by atoms with van der Waals surface area (Å²) in [6.45, 7) is 4.31. The fraction of sp³-hybridized carbons (Fsp3) is 0.217. The number of nitrogens with one attached hydrogen (secondary N) is 3. The van der Waals surface area contributed by atoms with Gasteiger partial charge in [0.1, 0.15) is 11.2 Å². The van der Waals surface area contributed by atoms with Crippen molar-refractivity contribution >= 4 is 28.0 Å². The standard InChI is InChI=1S/C23H23N7O/c1-14(2)12-19(20-25-17-10-6-7-11-18(17)26-20)27-23-28-21-16(22(31)29-23)13-24-30(21)15-8-4-3-5-9-15/h3-11,13-14,19H,12H2,1-2H3,(H,25,26)(H2,27,28,29,31). The Morgan fingerprint density at radius 2 is 1.77 bits per heavy atom. The fourth-order valence-electron chi connectivity index (χ4n) is 3.76. The van der Waals surface area contributed by atoms with Crippen LogP contribution in [0.4, 0.5) is 5.95 Å². The number of anilines is 1. The summed E-state index contributed by atoms with van der Waals surface area (Å²) in [6.07, 6.45) is 2.36. The second-order valence-electron chi connectivity index (χ2n) is 8.01. The van der Waals surface area contributed by atoms with Gasteiger partial charge in [0.2, 0.25) is 5.95 Å². The monoisotopic (exact) mass is 413 g/mol. The SMILES string of the molecule is CC(C)CC(Nc1nc2c(cnn2-c2ccccc2)c(=O)[nH]1)c1nc2ccccc2[nH]1. The molecule has 0 bridgehead atoms. The van der Waals surface area contributed by atoms with E-state index >= 15 is 0 Å². The lowest BCUT2D eigenvalue weighted by Crippen LogP contribution is -2.20. The molecule has 0 amide bonds. The summed E-state index contributed by atoms with van der Waals surface area (Å²) in [5, 5.41) is 8.20. The number of nitrogens with zero attached hydrogens (tertiary/aromatic N) is 4. The van der Waals surface area contributed by atoms with Gasteiger partial charge < -0.3 is 10.3 Å². The molecule has 3 heterocycles. The second kappa shape index (κ2) is 7.71. The number of aromatic nitrogens is 6. The van der Waals surface area contributed by atoms with Gasteiger partial charge in [-0.3, -0.25) is 9.78 Å². The lowest BCUT2D eigenvalue weighted by molar-refractivity contribution is 0.516. The minimum Gasteiger partial charge on any atom is -0.346 e. The van der Waals surface area contributed by atoms with Gasteiger partial charge in [-0.2, -0.15) is 10.1 Å². The van der Waals surface area contributed by atoms with Crippen molar-refractivity contribution in [2.24, 2.45) is 5.92 Å². The highest BCUT2D eigenvalue weighted by molar-refractivity contribution is 5.77. The van der Waals surface area contributed by atoms with Crippen LogP contribution in [0.15, 0.2) is 65.6 Å². The first-order valence-electron chi connectivity index (χ1n) is 10.3. The van der Waals surface area contributed by atoms with Crippen LogP contribution < -0.4 is 10.9 Å². The Morgan fingerprint density at radius 3 is 2.55 bits per heavy atom. The maximum Gasteiger partial charge on any atom is 0.263 e. The largest absolute Gasteiger partial charge is 0.346 e. The van der Waals surface area contributed by atoms with E-state index in [2.05, 4.69) is 34.2 Å². The van der Waals surface area contributed by atoms with Crippen molar-refractivity contribution in [1.82, 2.24) is 29.7 Å². The highest BCUT2D eigenvalue weighted by atomic mass is 16.1.